The Morgan fingerprint density at radius 2 is 2.31 bits per heavy atom. The van der Waals surface area contributed by atoms with Crippen LogP contribution in [0.2, 0.25) is 0 Å². The molecule has 0 aliphatic heterocycles. The molecule has 0 saturated heterocycles. The third-order valence-electron chi connectivity index (χ3n) is 3.04. The molecular formula is C10H16N2S. The molecule has 72 valence electrons. The van der Waals surface area contributed by atoms with Crippen molar-refractivity contribution in [3.05, 3.63) is 16.6 Å². The van der Waals surface area contributed by atoms with Gasteiger partial charge in [0.15, 0.2) is 0 Å². The van der Waals surface area contributed by atoms with Gasteiger partial charge in [0, 0.05) is 18.0 Å². The number of rotatable bonds is 3. The first-order chi connectivity index (χ1) is 6.40. The minimum absolute atomic E-state index is 0.754. The van der Waals surface area contributed by atoms with Crippen LogP contribution in [0, 0.1) is 11.8 Å². The first-order valence-electron chi connectivity index (χ1n) is 4.98. The van der Waals surface area contributed by atoms with Gasteiger partial charge in [-0.3, -0.25) is 0 Å². The highest BCUT2D eigenvalue weighted by atomic mass is 32.1. The molecule has 0 radical (unpaired) electrons. The fourth-order valence-electron chi connectivity index (χ4n) is 2.27. The molecule has 2 rings (SSSR count). The molecule has 2 nitrogen and oxygen atoms in total. The van der Waals surface area contributed by atoms with Crippen LogP contribution in [0.15, 0.2) is 11.6 Å². The van der Waals surface area contributed by atoms with E-state index in [2.05, 4.69) is 10.4 Å². The van der Waals surface area contributed by atoms with Crippen LogP contribution in [-0.4, -0.2) is 11.5 Å². The molecule has 2 atom stereocenters. The van der Waals surface area contributed by atoms with Crippen LogP contribution >= 0.6 is 11.3 Å². The molecule has 1 aliphatic carbocycles. The second-order valence-electron chi connectivity index (χ2n) is 3.82. The predicted molar refractivity (Wildman–Crippen MR) is 55.7 cm³/mol. The van der Waals surface area contributed by atoms with Crippen LogP contribution in [0.3, 0.4) is 0 Å². The lowest BCUT2D eigenvalue weighted by atomic mass is 9.93. The standard InChI is InChI=1S/C10H16N2S/c11-7-9-3-1-2-8(9)6-10-12-4-5-13-10/h4-5,8-9H,1-3,6-7,11H2. The van der Waals surface area contributed by atoms with Gasteiger partial charge in [-0.25, -0.2) is 4.98 Å². The van der Waals surface area contributed by atoms with E-state index in [-0.39, 0.29) is 0 Å². The summed E-state index contributed by atoms with van der Waals surface area (Å²) in [7, 11) is 0. The number of aromatic nitrogens is 1. The molecule has 0 bridgehead atoms. The van der Waals surface area contributed by atoms with Crippen LogP contribution in [-0.2, 0) is 6.42 Å². The Hall–Kier alpha value is -0.410. The van der Waals surface area contributed by atoms with Gasteiger partial charge in [-0.15, -0.1) is 11.3 Å². The molecule has 0 aromatic carbocycles. The molecule has 1 aromatic rings. The Kier molecular flexibility index (Phi) is 2.96. The van der Waals surface area contributed by atoms with Gasteiger partial charge in [0.05, 0.1) is 5.01 Å². The summed E-state index contributed by atoms with van der Waals surface area (Å²) in [4.78, 5) is 4.33. The first kappa shape index (κ1) is 9.16. The molecule has 0 spiro atoms. The lowest BCUT2D eigenvalue weighted by Gasteiger charge is -2.15. The van der Waals surface area contributed by atoms with E-state index in [4.69, 9.17) is 5.73 Å². The van der Waals surface area contributed by atoms with Crippen molar-refractivity contribution in [1.29, 1.82) is 0 Å². The first-order valence-corrected chi connectivity index (χ1v) is 5.86. The maximum atomic E-state index is 5.74. The minimum atomic E-state index is 0.754. The Labute approximate surface area is 83.2 Å². The highest BCUT2D eigenvalue weighted by Crippen LogP contribution is 2.33. The van der Waals surface area contributed by atoms with Crippen molar-refractivity contribution in [2.24, 2.45) is 17.6 Å². The Morgan fingerprint density at radius 1 is 1.46 bits per heavy atom. The van der Waals surface area contributed by atoms with E-state index in [1.807, 2.05) is 6.20 Å². The number of hydrogen-bond donors (Lipinski definition) is 1. The van der Waals surface area contributed by atoms with Gasteiger partial charge in [-0.1, -0.05) is 6.42 Å². The van der Waals surface area contributed by atoms with Gasteiger partial charge in [0.2, 0.25) is 0 Å². The van der Waals surface area contributed by atoms with Crippen LogP contribution in [0.25, 0.3) is 0 Å². The van der Waals surface area contributed by atoms with Crippen molar-refractivity contribution in [3.8, 4) is 0 Å². The summed E-state index contributed by atoms with van der Waals surface area (Å²) in [6, 6.07) is 0. The SMILES string of the molecule is NCC1CCCC1Cc1nccs1. The molecule has 3 heteroatoms. The Morgan fingerprint density at radius 3 is 3.00 bits per heavy atom. The van der Waals surface area contributed by atoms with Gasteiger partial charge < -0.3 is 5.73 Å². The molecular weight excluding hydrogens is 180 g/mol. The Balaban J connectivity index is 1.94. The molecule has 1 fully saturated rings. The summed E-state index contributed by atoms with van der Waals surface area (Å²) in [6.07, 6.45) is 7.08. The molecule has 0 amide bonds. The van der Waals surface area contributed by atoms with Crippen LogP contribution in [0.5, 0.6) is 0 Å². The maximum absolute atomic E-state index is 5.74. The zero-order valence-electron chi connectivity index (χ0n) is 7.78. The molecule has 1 aromatic heterocycles. The summed E-state index contributed by atoms with van der Waals surface area (Å²) >= 11 is 1.77. The van der Waals surface area contributed by atoms with E-state index in [1.54, 1.807) is 11.3 Å². The van der Waals surface area contributed by atoms with Crippen LogP contribution in [0.4, 0.5) is 0 Å². The third kappa shape index (κ3) is 2.09. The lowest BCUT2D eigenvalue weighted by molar-refractivity contribution is 0.394. The van der Waals surface area contributed by atoms with Gasteiger partial charge >= 0.3 is 0 Å². The van der Waals surface area contributed by atoms with Crippen molar-refractivity contribution < 1.29 is 0 Å². The van der Waals surface area contributed by atoms with Crippen molar-refractivity contribution in [2.45, 2.75) is 25.7 Å². The fourth-order valence-corrected chi connectivity index (χ4v) is 2.98. The highest BCUT2D eigenvalue weighted by Gasteiger charge is 2.26. The van der Waals surface area contributed by atoms with E-state index >= 15 is 0 Å². The molecule has 2 unspecified atom stereocenters. The average Bonchev–Trinajstić information content (AvgIpc) is 2.76. The Bertz CT molecular complexity index is 245. The van der Waals surface area contributed by atoms with E-state index < -0.39 is 0 Å². The van der Waals surface area contributed by atoms with Gasteiger partial charge in [-0.2, -0.15) is 0 Å². The van der Waals surface area contributed by atoms with Gasteiger partial charge in [0.1, 0.15) is 0 Å². The summed E-state index contributed by atoms with van der Waals surface area (Å²) in [5.74, 6) is 1.56. The largest absolute Gasteiger partial charge is 0.330 e. The van der Waals surface area contributed by atoms with Crippen molar-refractivity contribution in [1.82, 2.24) is 4.98 Å². The topological polar surface area (TPSA) is 38.9 Å². The molecule has 1 heterocycles. The van der Waals surface area contributed by atoms with Crippen LogP contribution in [0.1, 0.15) is 24.3 Å². The van der Waals surface area contributed by atoms with E-state index in [1.165, 1.54) is 24.3 Å². The maximum Gasteiger partial charge on any atom is 0.0927 e. The van der Waals surface area contributed by atoms with Gasteiger partial charge in [-0.05, 0) is 31.2 Å². The zero-order chi connectivity index (χ0) is 9.10. The van der Waals surface area contributed by atoms with E-state index in [9.17, 15) is 0 Å². The number of thiazole rings is 1. The molecule has 2 N–H and O–H groups in total. The normalized spacial score (nSPS) is 28.1. The zero-order valence-corrected chi connectivity index (χ0v) is 8.59. The molecule has 1 aliphatic rings. The highest BCUT2D eigenvalue weighted by molar-refractivity contribution is 7.09. The lowest BCUT2D eigenvalue weighted by Crippen LogP contribution is -2.19. The van der Waals surface area contributed by atoms with Crippen molar-refractivity contribution >= 4 is 11.3 Å². The van der Waals surface area contributed by atoms with Crippen LogP contribution < -0.4 is 5.73 Å². The predicted octanol–water partition coefficient (Wildman–Crippen LogP) is 2.06. The third-order valence-corrected chi connectivity index (χ3v) is 3.84. The summed E-state index contributed by atoms with van der Waals surface area (Å²) < 4.78 is 0. The second-order valence-corrected chi connectivity index (χ2v) is 4.80. The minimum Gasteiger partial charge on any atom is -0.330 e. The molecule has 1 saturated carbocycles. The van der Waals surface area contributed by atoms with Gasteiger partial charge in [0.25, 0.3) is 0 Å². The van der Waals surface area contributed by atoms with Crippen molar-refractivity contribution in [3.63, 3.8) is 0 Å². The summed E-state index contributed by atoms with van der Waals surface area (Å²) in [5.41, 5.74) is 5.74. The second kappa shape index (κ2) is 4.20. The van der Waals surface area contributed by atoms with Crippen molar-refractivity contribution in [2.75, 3.05) is 6.54 Å². The molecule has 13 heavy (non-hydrogen) atoms. The summed E-state index contributed by atoms with van der Waals surface area (Å²) in [6.45, 7) is 0.857. The summed E-state index contributed by atoms with van der Waals surface area (Å²) in [5, 5.41) is 3.34. The average molecular weight is 196 g/mol. The number of hydrogen-bond acceptors (Lipinski definition) is 3. The van der Waals surface area contributed by atoms with E-state index in [0.717, 1.165) is 24.8 Å². The number of nitrogens with two attached hydrogens (primary N) is 1. The fraction of sp³-hybridized carbons (Fsp3) is 0.700. The quantitative estimate of drug-likeness (QED) is 0.803. The monoisotopic (exact) mass is 196 g/mol. The van der Waals surface area contributed by atoms with E-state index in [0.29, 0.717) is 0 Å². The smallest absolute Gasteiger partial charge is 0.0927 e. The number of nitrogens with zero attached hydrogens (tertiary/aromatic N) is 1.